The zero-order chi connectivity index (χ0) is 21.1. The van der Waals surface area contributed by atoms with Gasteiger partial charge in [0, 0.05) is 5.69 Å². The van der Waals surface area contributed by atoms with Gasteiger partial charge in [-0.3, -0.25) is 19.3 Å². The fraction of sp³-hybridized carbons (Fsp3) is 0.105. The van der Waals surface area contributed by atoms with Crippen molar-refractivity contribution in [2.45, 2.75) is 0 Å². The van der Waals surface area contributed by atoms with Crippen LogP contribution in [-0.2, 0) is 9.59 Å². The van der Waals surface area contributed by atoms with Gasteiger partial charge < -0.3 is 10.1 Å². The van der Waals surface area contributed by atoms with Crippen molar-refractivity contribution in [3.8, 4) is 5.75 Å². The smallest absolute Gasteiger partial charge is 0.294 e. The van der Waals surface area contributed by atoms with Crippen LogP contribution in [0, 0.1) is 5.82 Å². The summed E-state index contributed by atoms with van der Waals surface area (Å²) in [4.78, 5) is 38.0. The molecule has 1 heterocycles. The topological polar surface area (TPSA) is 75.7 Å². The van der Waals surface area contributed by atoms with Gasteiger partial charge in [-0.25, -0.2) is 4.39 Å². The minimum atomic E-state index is -0.603. The van der Waals surface area contributed by atoms with E-state index in [4.69, 9.17) is 4.74 Å². The molecule has 1 N–H and O–H groups in total. The monoisotopic (exact) mass is 542 g/mol. The molecule has 0 spiro atoms. The number of halogens is 3. The van der Waals surface area contributed by atoms with E-state index in [1.807, 2.05) is 0 Å². The molecule has 150 valence electrons. The number of hydrogen-bond acceptors (Lipinski definition) is 5. The van der Waals surface area contributed by atoms with E-state index >= 15 is 0 Å². The Bertz CT molecular complexity index is 1020. The molecule has 1 aliphatic rings. The maximum absolute atomic E-state index is 13.2. The van der Waals surface area contributed by atoms with E-state index in [-0.39, 0.29) is 10.6 Å². The Morgan fingerprint density at radius 1 is 1.24 bits per heavy atom. The van der Waals surface area contributed by atoms with E-state index in [0.29, 0.717) is 20.3 Å². The summed E-state index contributed by atoms with van der Waals surface area (Å²) >= 11 is 7.51. The molecule has 2 aromatic carbocycles. The average Bonchev–Trinajstić information content (AvgIpc) is 2.89. The Kier molecular flexibility index (Phi) is 6.76. The number of carbonyl (C=O) groups is 3. The van der Waals surface area contributed by atoms with E-state index in [0.717, 1.165) is 22.7 Å². The van der Waals surface area contributed by atoms with Gasteiger partial charge in [0.25, 0.3) is 11.1 Å². The lowest BCUT2D eigenvalue weighted by atomic mass is 10.2. The lowest BCUT2D eigenvalue weighted by molar-refractivity contribution is -0.127. The molecular formula is C19H13Br2FN2O4S. The molecule has 3 amide bonds. The van der Waals surface area contributed by atoms with Crippen LogP contribution in [-0.4, -0.2) is 35.6 Å². The van der Waals surface area contributed by atoms with E-state index in [1.165, 1.54) is 25.3 Å². The average molecular weight is 544 g/mol. The second-order valence-corrected chi connectivity index (χ2v) is 8.55. The zero-order valence-electron chi connectivity index (χ0n) is 14.9. The molecule has 1 saturated heterocycles. The molecule has 6 nitrogen and oxygen atoms in total. The molecule has 0 saturated carbocycles. The summed E-state index contributed by atoms with van der Waals surface area (Å²) in [6, 6.07) is 8.83. The summed E-state index contributed by atoms with van der Waals surface area (Å²) < 4.78 is 19.8. The van der Waals surface area contributed by atoms with Gasteiger partial charge in [0.2, 0.25) is 5.91 Å². The molecule has 1 fully saturated rings. The van der Waals surface area contributed by atoms with Gasteiger partial charge in [-0.15, -0.1) is 0 Å². The second-order valence-electron chi connectivity index (χ2n) is 5.84. The number of benzene rings is 2. The standard InChI is InChI=1S/C19H13Br2FN2O4S/c1-28-17-13(20)5-10(6-14(17)21)7-15-18(26)24(19(27)29-15)9-16(25)23-12-4-2-3-11(22)8-12/h2-8H,9H2,1H3,(H,23,25)/b15-7+. The number of imide groups is 1. The number of amides is 3. The Hall–Kier alpha value is -2.17. The largest absolute Gasteiger partial charge is 0.494 e. The van der Waals surface area contributed by atoms with E-state index in [2.05, 4.69) is 37.2 Å². The minimum absolute atomic E-state index is 0.192. The predicted octanol–water partition coefficient (Wildman–Crippen LogP) is 5.03. The number of nitrogens with one attached hydrogen (secondary N) is 1. The number of thioether (sulfide) groups is 1. The summed E-state index contributed by atoms with van der Waals surface area (Å²) in [5, 5.41) is 1.91. The highest BCUT2D eigenvalue weighted by atomic mass is 79.9. The highest BCUT2D eigenvalue weighted by molar-refractivity contribution is 9.11. The highest BCUT2D eigenvalue weighted by Crippen LogP contribution is 2.37. The second kappa shape index (κ2) is 9.10. The number of anilines is 1. The molecule has 0 bridgehead atoms. The van der Waals surface area contributed by atoms with E-state index < -0.39 is 29.4 Å². The molecule has 10 heteroatoms. The molecule has 2 aromatic rings. The Balaban J connectivity index is 1.74. The van der Waals surface area contributed by atoms with Gasteiger partial charge in [0.05, 0.1) is 21.0 Å². The zero-order valence-corrected chi connectivity index (χ0v) is 18.9. The van der Waals surface area contributed by atoms with Gasteiger partial charge in [0.15, 0.2) is 0 Å². The van der Waals surface area contributed by atoms with Crippen molar-refractivity contribution in [3.63, 3.8) is 0 Å². The molecule has 3 rings (SSSR count). The number of nitrogens with zero attached hydrogens (tertiary/aromatic N) is 1. The highest BCUT2D eigenvalue weighted by Gasteiger charge is 2.36. The summed E-state index contributed by atoms with van der Waals surface area (Å²) in [6.45, 7) is -0.464. The van der Waals surface area contributed by atoms with E-state index in [9.17, 15) is 18.8 Å². The summed E-state index contributed by atoms with van der Waals surface area (Å²) in [6.07, 6.45) is 1.56. The third-order valence-corrected chi connectivity index (χ3v) is 5.89. The number of ether oxygens (including phenoxy) is 1. The maximum Gasteiger partial charge on any atom is 0.294 e. The Labute approximate surface area is 186 Å². The van der Waals surface area contributed by atoms with E-state index in [1.54, 1.807) is 18.2 Å². The van der Waals surface area contributed by atoms with Crippen molar-refractivity contribution >= 4 is 72.4 Å². The number of carbonyl (C=O) groups excluding carboxylic acids is 3. The van der Waals surface area contributed by atoms with Crippen LogP contribution in [0.2, 0.25) is 0 Å². The minimum Gasteiger partial charge on any atom is -0.494 e. The Morgan fingerprint density at radius 2 is 1.93 bits per heavy atom. The van der Waals surface area contributed by atoms with Crippen molar-refractivity contribution in [2.24, 2.45) is 0 Å². The maximum atomic E-state index is 13.2. The third-order valence-electron chi connectivity index (χ3n) is 3.81. The van der Waals surface area contributed by atoms with Crippen LogP contribution in [0.1, 0.15) is 5.56 Å². The first-order valence-corrected chi connectivity index (χ1v) is 10.5. The first-order valence-electron chi connectivity index (χ1n) is 8.12. The molecule has 0 aromatic heterocycles. The first kappa shape index (κ1) is 21.5. The lowest BCUT2D eigenvalue weighted by Crippen LogP contribution is -2.36. The predicted molar refractivity (Wildman–Crippen MR) is 116 cm³/mol. The van der Waals surface area contributed by atoms with Crippen LogP contribution in [0.15, 0.2) is 50.2 Å². The van der Waals surface area contributed by atoms with Gasteiger partial charge >= 0.3 is 0 Å². The third kappa shape index (κ3) is 5.06. The van der Waals surface area contributed by atoms with Crippen LogP contribution in [0.5, 0.6) is 5.75 Å². The van der Waals surface area contributed by atoms with Crippen molar-refractivity contribution in [1.29, 1.82) is 0 Å². The number of rotatable bonds is 5. The lowest BCUT2D eigenvalue weighted by Gasteiger charge is -2.12. The van der Waals surface area contributed by atoms with Crippen LogP contribution < -0.4 is 10.1 Å². The summed E-state index contributed by atoms with van der Waals surface area (Å²) in [5.74, 6) is -1.08. The van der Waals surface area contributed by atoms with Crippen molar-refractivity contribution in [2.75, 3.05) is 19.0 Å². The molecule has 0 aliphatic carbocycles. The van der Waals surface area contributed by atoms with Crippen molar-refractivity contribution < 1.29 is 23.5 Å². The fourth-order valence-electron chi connectivity index (χ4n) is 2.56. The van der Waals surface area contributed by atoms with Gasteiger partial charge in [0.1, 0.15) is 18.1 Å². The van der Waals surface area contributed by atoms with Crippen LogP contribution in [0.3, 0.4) is 0 Å². The van der Waals surface area contributed by atoms with Gasteiger partial charge in [-0.1, -0.05) is 6.07 Å². The first-order chi connectivity index (χ1) is 13.8. The fourth-order valence-corrected chi connectivity index (χ4v) is 4.94. The number of hydrogen-bond donors (Lipinski definition) is 1. The summed E-state index contributed by atoms with van der Waals surface area (Å²) in [7, 11) is 1.53. The van der Waals surface area contributed by atoms with Crippen molar-refractivity contribution in [3.05, 3.63) is 61.6 Å². The van der Waals surface area contributed by atoms with Crippen LogP contribution >= 0.6 is 43.6 Å². The quantitative estimate of drug-likeness (QED) is 0.535. The van der Waals surface area contributed by atoms with Gasteiger partial charge in [-0.2, -0.15) is 0 Å². The van der Waals surface area contributed by atoms with Crippen LogP contribution in [0.25, 0.3) is 6.08 Å². The van der Waals surface area contributed by atoms with Crippen LogP contribution in [0.4, 0.5) is 14.9 Å². The molecule has 0 atom stereocenters. The molecule has 1 aliphatic heterocycles. The molecule has 29 heavy (non-hydrogen) atoms. The molecule has 0 radical (unpaired) electrons. The summed E-state index contributed by atoms with van der Waals surface area (Å²) in [5.41, 5.74) is 0.907. The molecular weight excluding hydrogens is 531 g/mol. The SMILES string of the molecule is COc1c(Br)cc(/C=C2/SC(=O)N(CC(=O)Nc3cccc(F)c3)C2=O)cc1Br. The van der Waals surface area contributed by atoms with Crippen molar-refractivity contribution in [1.82, 2.24) is 4.90 Å². The normalized spacial score (nSPS) is 15.2. The number of methoxy groups -OCH3 is 1. The molecule has 0 unspecified atom stereocenters. The Morgan fingerprint density at radius 3 is 2.55 bits per heavy atom. The van der Waals surface area contributed by atoms with Gasteiger partial charge in [-0.05, 0) is 85.6 Å².